The number of hydrogen-bond donors (Lipinski definition) is 2. The zero-order valence-electron chi connectivity index (χ0n) is 15.5. The monoisotopic (exact) mass is 446 g/mol. The minimum Gasteiger partial charge on any atom is -0.324 e. The van der Waals surface area contributed by atoms with Crippen LogP contribution < -0.4 is 10.0 Å². The molecule has 29 heavy (non-hydrogen) atoms. The molecule has 0 radical (unpaired) electrons. The lowest BCUT2D eigenvalue weighted by molar-refractivity contribution is -0.115. The Morgan fingerprint density at radius 1 is 0.931 bits per heavy atom. The van der Waals surface area contributed by atoms with Gasteiger partial charge in [0.1, 0.15) is 0 Å². The van der Waals surface area contributed by atoms with Gasteiger partial charge >= 0.3 is 0 Å². The van der Waals surface area contributed by atoms with E-state index in [9.17, 15) is 13.2 Å². The Balaban J connectivity index is 1.61. The third-order valence-corrected chi connectivity index (χ3v) is 6.81. The van der Waals surface area contributed by atoms with E-state index < -0.39 is 10.0 Å². The summed E-state index contributed by atoms with van der Waals surface area (Å²) in [4.78, 5) is 13.4. The van der Waals surface area contributed by atoms with Gasteiger partial charge in [-0.1, -0.05) is 41.9 Å². The van der Waals surface area contributed by atoms with E-state index in [-0.39, 0.29) is 16.1 Å². The van der Waals surface area contributed by atoms with Gasteiger partial charge in [0.25, 0.3) is 10.0 Å². The Hall–Kier alpha value is -2.48. The molecule has 1 atom stereocenters. The summed E-state index contributed by atoms with van der Waals surface area (Å²) in [5.41, 5.74) is 1.02. The number of halogens is 1. The molecule has 2 N–H and O–H groups in total. The first-order valence-electron chi connectivity index (χ1n) is 8.75. The van der Waals surface area contributed by atoms with Crippen LogP contribution in [0.3, 0.4) is 0 Å². The van der Waals surface area contributed by atoms with Crippen molar-refractivity contribution in [3.05, 3.63) is 83.9 Å². The Morgan fingerprint density at radius 3 is 2.21 bits per heavy atom. The molecular weight excluding hydrogens is 428 g/mol. The molecule has 0 bridgehead atoms. The van der Waals surface area contributed by atoms with Crippen molar-refractivity contribution >= 4 is 50.7 Å². The number of carbonyl (C=O) groups is 1. The van der Waals surface area contributed by atoms with Crippen LogP contribution >= 0.6 is 23.4 Å². The van der Waals surface area contributed by atoms with E-state index in [0.717, 1.165) is 4.90 Å². The quantitative estimate of drug-likeness (QED) is 0.485. The van der Waals surface area contributed by atoms with Gasteiger partial charge < -0.3 is 5.32 Å². The van der Waals surface area contributed by atoms with Crippen molar-refractivity contribution in [3.8, 4) is 0 Å². The highest BCUT2D eigenvalue weighted by molar-refractivity contribution is 8.00. The van der Waals surface area contributed by atoms with Crippen LogP contribution in [0.2, 0.25) is 5.02 Å². The number of sulfonamides is 1. The van der Waals surface area contributed by atoms with Gasteiger partial charge in [0.2, 0.25) is 5.91 Å². The SMILES string of the molecule is CC(Sc1ccc(NS(=O)(=O)c2ccccc2)cc1)C(=O)Nc1ccccc1Cl. The maximum absolute atomic E-state index is 12.4. The summed E-state index contributed by atoms with van der Waals surface area (Å²) in [6.45, 7) is 1.79. The molecule has 3 aromatic rings. The fraction of sp³-hybridized carbons (Fsp3) is 0.0952. The second-order valence-electron chi connectivity index (χ2n) is 6.17. The maximum atomic E-state index is 12.4. The molecule has 5 nitrogen and oxygen atoms in total. The third kappa shape index (κ3) is 5.76. The van der Waals surface area contributed by atoms with E-state index in [4.69, 9.17) is 11.6 Å². The van der Waals surface area contributed by atoms with E-state index >= 15 is 0 Å². The molecule has 0 saturated carbocycles. The molecule has 0 spiro atoms. The predicted octanol–water partition coefficient (Wildman–Crippen LogP) is 5.26. The van der Waals surface area contributed by atoms with E-state index in [1.54, 1.807) is 73.7 Å². The average molecular weight is 447 g/mol. The normalized spacial score (nSPS) is 12.2. The minimum absolute atomic E-state index is 0.169. The van der Waals surface area contributed by atoms with Crippen molar-refractivity contribution < 1.29 is 13.2 Å². The lowest BCUT2D eigenvalue weighted by atomic mass is 10.3. The van der Waals surface area contributed by atoms with Crippen molar-refractivity contribution in [1.82, 2.24) is 0 Å². The predicted molar refractivity (Wildman–Crippen MR) is 119 cm³/mol. The molecule has 0 aliphatic rings. The van der Waals surface area contributed by atoms with Gasteiger partial charge in [0, 0.05) is 10.6 Å². The molecule has 3 aromatic carbocycles. The number of amides is 1. The van der Waals surface area contributed by atoms with Gasteiger partial charge in [0.05, 0.1) is 20.9 Å². The molecule has 0 aliphatic carbocycles. The van der Waals surface area contributed by atoms with Crippen molar-refractivity contribution in [2.24, 2.45) is 0 Å². The van der Waals surface area contributed by atoms with Crippen LogP contribution in [0.1, 0.15) is 6.92 Å². The summed E-state index contributed by atoms with van der Waals surface area (Å²) in [5, 5.41) is 2.92. The molecule has 8 heteroatoms. The largest absolute Gasteiger partial charge is 0.324 e. The smallest absolute Gasteiger partial charge is 0.261 e. The van der Waals surface area contributed by atoms with Crippen LogP contribution in [0.4, 0.5) is 11.4 Å². The molecule has 0 heterocycles. The standard InChI is InChI=1S/C21H19ClN2O3S2/c1-15(21(25)23-20-10-6-5-9-19(20)22)28-17-13-11-16(12-14-17)24-29(26,27)18-7-3-2-4-8-18/h2-15,24H,1H3,(H,23,25). The fourth-order valence-corrected chi connectivity index (χ4v) is 4.60. The highest BCUT2D eigenvalue weighted by Crippen LogP contribution is 2.27. The van der Waals surface area contributed by atoms with E-state index in [1.165, 1.54) is 23.9 Å². The Labute approximate surface area is 179 Å². The first-order chi connectivity index (χ1) is 13.8. The van der Waals surface area contributed by atoms with Crippen LogP contribution in [0.15, 0.2) is 88.7 Å². The van der Waals surface area contributed by atoms with Crippen LogP contribution in [0.5, 0.6) is 0 Å². The number of rotatable bonds is 7. The summed E-state index contributed by atoms with van der Waals surface area (Å²) >= 11 is 7.44. The number of thioether (sulfide) groups is 1. The first-order valence-corrected chi connectivity index (χ1v) is 11.5. The van der Waals surface area contributed by atoms with Crippen molar-refractivity contribution in [2.75, 3.05) is 10.0 Å². The van der Waals surface area contributed by atoms with E-state index in [1.807, 2.05) is 0 Å². The van der Waals surface area contributed by atoms with Gasteiger partial charge in [0.15, 0.2) is 0 Å². The maximum Gasteiger partial charge on any atom is 0.261 e. The zero-order valence-corrected chi connectivity index (χ0v) is 17.9. The highest BCUT2D eigenvalue weighted by atomic mass is 35.5. The number of nitrogens with one attached hydrogen (secondary N) is 2. The summed E-state index contributed by atoms with van der Waals surface area (Å²) in [5.74, 6) is -0.169. The molecule has 3 rings (SSSR count). The minimum atomic E-state index is -3.63. The van der Waals surface area contributed by atoms with Gasteiger partial charge in [-0.2, -0.15) is 0 Å². The molecule has 1 unspecified atom stereocenters. The van der Waals surface area contributed by atoms with Gasteiger partial charge in [-0.3, -0.25) is 9.52 Å². The number of hydrogen-bond acceptors (Lipinski definition) is 4. The van der Waals surface area contributed by atoms with Crippen molar-refractivity contribution in [2.45, 2.75) is 22.0 Å². The molecule has 0 aromatic heterocycles. The van der Waals surface area contributed by atoms with Gasteiger partial charge in [-0.25, -0.2) is 8.42 Å². The Morgan fingerprint density at radius 2 is 1.55 bits per heavy atom. The van der Waals surface area contributed by atoms with Crippen LogP contribution in [0.25, 0.3) is 0 Å². The summed E-state index contributed by atoms with van der Waals surface area (Å²) in [6, 6.07) is 22.1. The molecule has 0 aliphatic heterocycles. The second kappa shape index (κ2) is 9.35. The number of anilines is 2. The van der Waals surface area contributed by atoms with Crippen LogP contribution in [-0.4, -0.2) is 19.6 Å². The second-order valence-corrected chi connectivity index (χ2v) is 9.68. The lowest BCUT2D eigenvalue weighted by Gasteiger charge is -2.13. The molecule has 1 amide bonds. The lowest BCUT2D eigenvalue weighted by Crippen LogP contribution is -2.22. The third-order valence-electron chi connectivity index (χ3n) is 3.97. The highest BCUT2D eigenvalue weighted by Gasteiger charge is 2.16. The first kappa shape index (κ1) is 21.2. The van der Waals surface area contributed by atoms with Gasteiger partial charge in [-0.15, -0.1) is 11.8 Å². The van der Waals surface area contributed by atoms with Crippen molar-refractivity contribution in [3.63, 3.8) is 0 Å². The molecular formula is C21H19ClN2O3S2. The molecule has 150 valence electrons. The molecule has 0 saturated heterocycles. The van der Waals surface area contributed by atoms with E-state index in [0.29, 0.717) is 16.4 Å². The summed E-state index contributed by atoms with van der Waals surface area (Å²) in [6.07, 6.45) is 0. The van der Waals surface area contributed by atoms with E-state index in [2.05, 4.69) is 10.0 Å². The summed E-state index contributed by atoms with van der Waals surface area (Å²) in [7, 11) is -3.63. The number of benzene rings is 3. The van der Waals surface area contributed by atoms with Crippen molar-refractivity contribution in [1.29, 1.82) is 0 Å². The average Bonchev–Trinajstić information content (AvgIpc) is 2.71. The van der Waals surface area contributed by atoms with Gasteiger partial charge in [-0.05, 0) is 55.5 Å². The van der Waals surface area contributed by atoms with Crippen LogP contribution in [0, 0.1) is 0 Å². The Kier molecular flexibility index (Phi) is 6.84. The molecule has 0 fully saturated rings. The topological polar surface area (TPSA) is 75.3 Å². The number of para-hydroxylation sites is 1. The zero-order chi connectivity index (χ0) is 20.9. The fourth-order valence-electron chi connectivity index (χ4n) is 2.47. The summed E-state index contributed by atoms with van der Waals surface area (Å²) < 4.78 is 27.3. The Bertz CT molecular complexity index is 1090. The van der Waals surface area contributed by atoms with Crippen LogP contribution in [-0.2, 0) is 14.8 Å². The number of carbonyl (C=O) groups excluding carboxylic acids is 1.